The van der Waals surface area contributed by atoms with E-state index in [0.29, 0.717) is 6.04 Å². The van der Waals surface area contributed by atoms with E-state index in [1.807, 2.05) is 12.4 Å². The van der Waals surface area contributed by atoms with Crippen molar-refractivity contribution in [3.05, 3.63) is 28.8 Å². The van der Waals surface area contributed by atoms with Crippen LogP contribution < -0.4 is 5.32 Å². The lowest BCUT2D eigenvalue weighted by molar-refractivity contribution is 0.411. The predicted molar refractivity (Wildman–Crippen MR) is 66.5 cm³/mol. The lowest BCUT2D eigenvalue weighted by Crippen LogP contribution is -2.26. The van der Waals surface area contributed by atoms with Gasteiger partial charge in [0.2, 0.25) is 0 Å². The largest absolute Gasteiger partial charge is 0.367 e. The maximum Gasteiger partial charge on any atom is 0.110 e. The average Bonchev–Trinajstić information content (AvgIpc) is 3.01. The van der Waals surface area contributed by atoms with Crippen LogP contribution in [0.15, 0.2) is 23.8 Å². The van der Waals surface area contributed by atoms with Gasteiger partial charge < -0.3 is 10.3 Å². The number of piperidine rings is 1. The second kappa shape index (κ2) is 4.39. The molecule has 1 aliphatic rings. The maximum atomic E-state index is 4.71. The van der Waals surface area contributed by atoms with Gasteiger partial charge in [-0.25, -0.2) is 4.98 Å². The van der Waals surface area contributed by atoms with E-state index in [9.17, 15) is 0 Å². The Morgan fingerprint density at radius 1 is 1.38 bits per heavy atom. The molecular formula is C12H15N3S. The fraction of sp³-hybridized carbons (Fsp3) is 0.417. The Morgan fingerprint density at radius 3 is 3.12 bits per heavy atom. The fourth-order valence-corrected chi connectivity index (χ4v) is 3.06. The second-order valence-electron chi connectivity index (χ2n) is 4.17. The molecule has 16 heavy (non-hydrogen) atoms. The van der Waals surface area contributed by atoms with Crippen LogP contribution in [-0.4, -0.2) is 16.5 Å². The first-order valence-corrected chi connectivity index (χ1v) is 6.63. The van der Waals surface area contributed by atoms with Crippen molar-refractivity contribution in [1.29, 1.82) is 0 Å². The van der Waals surface area contributed by atoms with Crippen LogP contribution in [0.2, 0.25) is 0 Å². The van der Waals surface area contributed by atoms with Crippen molar-refractivity contribution >= 4 is 11.3 Å². The van der Waals surface area contributed by atoms with Crippen LogP contribution in [0.1, 0.15) is 30.3 Å². The van der Waals surface area contributed by atoms with Crippen molar-refractivity contribution in [3.8, 4) is 11.3 Å². The van der Waals surface area contributed by atoms with Crippen LogP contribution in [0.5, 0.6) is 0 Å². The Kier molecular flexibility index (Phi) is 2.76. The normalized spacial score (nSPS) is 21.1. The van der Waals surface area contributed by atoms with Crippen LogP contribution in [0.4, 0.5) is 0 Å². The van der Waals surface area contributed by atoms with Crippen molar-refractivity contribution in [3.63, 3.8) is 0 Å². The number of thiazole rings is 1. The first kappa shape index (κ1) is 10.1. The van der Waals surface area contributed by atoms with Crippen molar-refractivity contribution in [1.82, 2.24) is 15.3 Å². The minimum Gasteiger partial charge on any atom is -0.367 e. The number of nitrogens with zero attached hydrogens (tertiary/aromatic N) is 1. The van der Waals surface area contributed by atoms with Crippen molar-refractivity contribution in [2.75, 3.05) is 6.54 Å². The minimum atomic E-state index is 0.478. The highest BCUT2D eigenvalue weighted by Gasteiger charge is 2.18. The van der Waals surface area contributed by atoms with Gasteiger partial charge in [-0.15, -0.1) is 11.3 Å². The molecule has 0 saturated carbocycles. The molecule has 0 aliphatic carbocycles. The van der Waals surface area contributed by atoms with Crippen molar-refractivity contribution < 1.29 is 0 Å². The van der Waals surface area contributed by atoms with Crippen LogP contribution in [0.25, 0.3) is 11.3 Å². The van der Waals surface area contributed by atoms with Gasteiger partial charge in [0, 0.05) is 23.3 Å². The van der Waals surface area contributed by atoms with E-state index in [0.717, 1.165) is 12.2 Å². The Balaban J connectivity index is 1.82. The standard InChI is InChI=1S/C12H15N3S/c1-2-5-14-10(3-1)12-15-11(8-16-12)9-4-6-13-7-9/h4,6-8,10,13-14H,1-3,5H2. The van der Waals surface area contributed by atoms with Gasteiger partial charge in [-0.3, -0.25) is 0 Å². The molecule has 0 radical (unpaired) electrons. The average molecular weight is 233 g/mol. The molecule has 1 fully saturated rings. The van der Waals surface area contributed by atoms with E-state index in [2.05, 4.69) is 21.7 Å². The summed E-state index contributed by atoms with van der Waals surface area (Å²) in [4.78, 5) is 7.78. The Bertz CT molecular complexity index is 441. The lowest BCUT2D eigenvalue weighted by atomic mass is 10.1. The van der Waals surface area contributed by atoms with E-state index in [1.165, 1.54) is 29.8 Å². The molecule has 2 aromatic heterocycles. The van der Waals surface area contributed by atoms with Crippen LogP contribution in [0, 0.1) is 0 Å². The molecule has 3 rings (SSSR count). The SMILES string of the molecule is c1cc(-c2csc(C3CCCCN3)n2)c[nH]1. The smallest absolute Gasteiger partial charge is 0.110 e. The molecule has 0 aromatic carbocycles. The summed E-state index contributed by atoms with van der Waals surface area (Å²) in [5.41, 5.74) is 2.27. The zero-order valence-electron chi connectivity index (χ0n) is 9.07. The second-order valence-corrected chi connectivity index (χ2v) is 5.06. The third kappa shape index (κ3) is 1.90. The number of hydrogen-bond donors (Lipinski definition) is 2. The summed E-state index contributed by atoms with van der Waals surface area (Å²) < 4.78 is 0. The zero-order valence-corrected chi connectivity index (χ0v) is 9.89. The summed E-state index contributed by atoms with van der Waals surface area (Å²) in [6, 6.07) is 2.54. The number of aromatic amines is 1. The zero-order chi connectivity index (χ0) is 10.8. The Hall–Kier alpha value is -1.13. The van der Waals surface area contributed by atoms with E-state index in [1.54, 1.807) is 11.3 Å². The monoisotopic (exact) mass is 233 g/mol. The highest BCUT2D eigenvalue weighted by molar-refractivity contribution is 7.10. The number of H-pyrrole nitrogens is 1. The number of nitrogens with one attached hydrogen (secondary N) is 2. The highest BCUT2D eigenvalue weighted by atomic mass is 32.1. The first-order chi connectivity index (χ1) is 7.93. The van der Waals surface area contributed by atoms with E-state index in [4.69, 9.17) is 4.98 Å². The Morgan fingerprint density at radius 2 is 2.38 bits per heavy atom. The number of hydrogen-bond acceptors (Lipinski definition) is 3. The third-order valence-corrected chi connectivity index (χ3v) is 3.98. The summed E-state index contributed by atoms with van der Waals surface area (Å²) in [6.07, 6.45) is 7.77. The topological polar surface area (TPSA) is 40.7 Å². The van der Waals surface area contributed by atoms with Gasteiger partial charge in [-0.05, 0) is 25.5 Å². The van der Waals surface area contributed by atoms with Crippen LogP contribution in [0.3, 0.4) is 0 Å². The van der Waals surface area contributed by atoms with Gasteiger partial charge in [0.25, 0.3) is 0 Å². The van der Waals surface area contributed by atoms with Gasteiger partial charge >= 0.3 is 0 Å². The molecule has 0 bridgehead atoms. The third-order valence-electron chi connectivity index (χ3n) is 3.02. The molecule has 0 spiro atoms. The van der Waals surface area contributed by atoms with Crippen molar-refractivity contribution in [2.45, 2.75) is 25.3 Å². The quantitative estimate of drug-likeness (QED) is 0.837. The molecule has 3 nitrogen and oxygen atoms in total. The van der Waals surface area contributed by atoms with E-state index in [-0.39, 0.29) is 0 Å². The summed E-state index contributed by atoms with van der Waals surface area (Å²) >= 11 is 1.77. The molecule has 2 aromatic rings. The van der Waals surface area contributed by atoms with Gasteiger partial charge in [0.05, 0.1) is 11.7 Å². The summed E-state index contributed by atoms with van der Waals surface area (Å²) in [5, 5.41) is 6.91. The fourth-order valence-electron chi connectivity index (χ4n) is 2.13. The molecule has 3 heterocycles. The summed E-state index contributed by atoms with van der Waals surface area (Å²) in [7, 11) is 0. The van der Waals surface area contributed by atoms with Crippen molar-refractivity contribution in [2.24, 2.45) is 0 Å². The molecule has 1 unspecified atom stereocenters. The van der Waals surface area contributed by atoms with E-state index < -0.39 is 0 Å². The molecule has 1 saturated heterocycles. The van der Waals surface area contributed by atoms with Gasteiger partial charge in [-0.2, -0.15) is 0 Å². The molecule has 0 amide bonds. The molecule has 1 aliphatic heterocycles. The van der Waals surface area contributed by atoms with Gasteiger partial charge in [-0.1, -0.05) is 6.42 Å². The molecule has 84 valence electrons. The minimum absolute atomic E-state index is 0.478. The molecule has 4 heteroatoms. The van der Waals surface area contributed by atoms with Gasteiger partial charge in [0.1, 0.15) is 5.01 Å². The lowest BCUT2D eigenvalue weighted by Gasteiger charge is -2.21. The van der Waals surface area contributed by atoms with E-state index >= 15 is 0 Å². The van der Waals surface area contributed by atoms with Gasteiger partial charge in [0.15, 0.2) is 0 Å². The maximum absolute atomic E-state index is 4.71. The molecule has 2 N–H and O–H groups in total. The number of rotatable bonds is 2. The number of aromatic nitrogens is 2. The predicted octanol–water partition coefficient (Wildman–Crippen LogP) is 2.95. The first-order valence-electron chi connectivity index (χ1n) is 5.75. The Labute approximate surface area is 98.9 Å². The highest BCUT2D eigenvalue weighted by Crippen LogP contribution is 2.29. The van der Waals surface area contributed by atoms with Crippen LogP contribution in [-0.2, 0) is 0 Å². The summed E-state index contributed by atoms with van der Waals surface area (Å²) in [5.74, 6) is 0. The summed E-state index contributed by atoms with van der Waals surface area (Å²) in [6.45, 7) is 1.13. The van der Waals surface area contributed by atoms with Crippen LogP contribution >= 0.6 is 11.3 Å². The molecular weight excluding hydrogens is 218 g/mol. The molecule has 1 atom stereocenters.